The molecule has 10 heteroatoms. The number of carbonyl (C=O) groups excluding carboxylic acids is 4. The molecule has 10 nitrogen and oxygen atoms in total. The number of hydrogen-bond donors (Lipinski definition) is 4. The van der Waals surface area contributed by atoms with Crippen LogP contribution in [0.3, 0.4) is 0 Å². The number of primary amides is 4. The van der Waals surface area contributed by atoms with Crippen LogP contribution < -0.4 is 22.9 Å². The van der Waals surface area contributed by atoms with Gasteiger partial charge in [0.2, 0.25) is 23.6 Å². The van der Waals surface area contributed by atoms with E-state index in [0.717, 1.165) is 64.2 Å². The maximum Gasteiger partial charge on any atom is 0.228 e. The molecule has 0 aromatic carbocycles. The van der Waals surface area contributed by atoms with Gasteiger partial charge in [0, 0.05) is 24.0 Å². The first-order chi connectivity index (χ1) is 20.8. The third kappa shape index (κ3) is 12.5. The first kappa shape index (κ1) is 40.8. The average molecular weight is 639 g/mol. The molecule has 2 saturated heterocycles. The zero-order valence-electron chi connectivity index (χ0n) is 29.7. The summed E-state index contributed by atoms with van der Waals surface area (Å²) in [5.41, 5.74) is 20.5. The fraction of sp³-hybridized carbons (Fsp3) is 0.886. The molecule has 4 aliphatic rings. The van der Waals surface area contributed by atoms with Gasteiger partial charge in [0.15, 0.2) is 0 Å². The predicted molar refractivity (Wildman–Crippen MR) is 178 cm³/mol. The summed E-state index contributed by atoms with van der Waals surface area (Å²) in [5, 5.41) is 0. The summed E-state index contributed by atoms with van der Waals surface area (Å²) in [6.07, 6.45) is 10.5. The zero-order valence-corrected chi connectivity index (χ0v) is 29.7. The lowest BCUT2D eigenvalue weighted by Crippen LogP contribution is -2.53. The normalized spacial score (nSPS) is 21.4. The summed E-state index contributed by atoms with van der Waals surface area (Å²) in [5.74, 6) is 1.66. The topological polar surface area (TPSA) is 191 Å². The highest BCUT2D eigenvalue weighted by Gasteiger charge is 2.48. The van der Waals surface area contributed by atoms with Crippen LogP contribution in [0.5, 0.6) is 0 Å². The minimum absolute atomic E-state index is 0.0857. The molecule has 2 aliphatic carbocycles. The van der Waals surface area contributed by atoms with Crippen molar-refractivity contribution in [2.75, 3.05) is 26.4 Å². The smallest absolute Gasteiger partial charge is 0.228 e. The van der Waals surface area contributed by atoms with Crippen LogP contribution in [0.15, 0.2) is 0 Å². The fourth-order valence-corrected chi connectivity index (χ4v) is 7.00. The highest BCUT2D eigenvalue weighted by atomic mass is 16.5. The molecule has 2 heterocycles. The lowest BCUT2D eigenvalue weighted by Gasteiger charge is -2.40. The van der Waals surface area contributed by atoms with E-state index in [0.29, 0.717) is 50.1 Å². The predicted octanol–water partition coefficient (Wildman–Crippen LogP) is 4.84. The SMILES string of the molecule is CC(C)CC1(C(N)=O)CC1.CC(C)CC1(C(N)=O)CCC1.CC(C)CC1(C(N)=O)CCOCC1.CC(C)CC1(C(N)=O)COC1. The van der Waals surface area contributed by atoms with Crippen LogP contribution in [0, 0.1) is 45.3 Å². The van der Waals surface area contributed by atoms with Crippen LogP contribution in [0.25, 0.3) is 0 Å². The van der Waals surface area contributed by atoms with Gasteiger partial charge in [-0.15, -0.1) is 0 Å². The number of ether oxygens (including phenoxy) is 2. The lowest BCUT2D eigenvalue weighted by atomic mass is 9.64. The third-order valence-corrected chi connectivity index (χ3v) is 9.66. The van der Waals surface area contributed by atoms with Crippen molar-refractivity contribution in [2.24, 2.45) is 68.3 Å². The molecule has 2 aliphatic heterocycles. The number of carbonyl (C=O) groups is 4. The highest BCUT2D eigenvalue weighted by Crippen LogP contribution is 2.50. The molecule has 0 bridgehead atoms. The second-order valence-corrected chi connectivity index (χ2v) is 15.9. The molecule has 45 heavy (non-hydrogen) atoms. The summed E-state index contributed by atoms with van der Waals surface area (Å²) in [7, 11) is 0. The molecular formula is C35H66N4O6. The Balaban J connectivity index is 0.000000301. The van der Waals surface area contributed by atoms with E-state index >= 15 is 0 Å². The third-order valence-electron chi connectivity index (χ3n) is 9.66. The standard InChI is InChI=1S/C10H19NO2.C9H17NO.C8H15NO2.C8H15NO/c1-8(2)7-10(9(11)12)3-5-13-6-4-10;1-7(2)6-9(8(10)11)4-3-5-9;1-6(2)3-8(7(9)10)4-11-5-8;1-6(2)5-8(3-4-8)7(9)10/h8H,3-7H2,1-2H3,(H2,11,12);7H,3-6H2,1-2H3,(H2,10,11);6H,3-5H2,1-2H3,(H2,9,10);6H,3-5H2,1-2H3,(H2,9,10). The fourth-order valence-electron chi connectivity index (χ4n) is 7.00. The van der Waals surface area contributed by atoms with Crippen molar-refractivity contribution in [3.05, 3.63) is 0 Å². The Labute approximate surface area is 272 Å². The molecule has 262 valence electrons. The van der Waals surface area contributed by atoms with Crippen LogP contribution in [0.1, 0.15) is 126 Å². The van der Waals surface area contributed by atoms with Gasteiger partial charge in [-0.05, 0) is 87.9 Å². The molecule has 0 spiro atoms. The number of rotatable bonds is 12. The molecule has 4 rings (SSSR count). The van der Waals surface area contributed by atoms with Crippen molar-refractivity contribution in [2.45, 2.75) is 126 Å². The van der Waals surface area contributed by atoms with Gasteiger partial charge in [-0.3, -0.25) is 19.2 Å². The number of amides is 4. The molecule has 4 amide bonds. The van der Waals surface area contributed by atoms with E-state index in [9.17, 15) is 19.2 Å². The number of nitrogens with two attached hydrogens (primary N) is 4. The Morgan fingerprint density at radius 1 is 0.467 bits per heavy atom. The van der Waals surface area contributed by atoms with Crippen molar-refractivity contribution < 1.29 is 28.7 Å². The lowest BCUT2D eigenvalue weighted by molar-refractivity contribution is -0.161. The summed E-state index contributed by atoms with van der Waals surface area (Å²) < 4.78 is 10.2. The molecule has 0 aromatic heterocycles. The van der Waals surface area contributed by atoms with Crippen molar-refractivity contribution in [3.63, 3.8) is 0 Å². The van der Waals surface area contributed by atoms with Crippen LogP contribution in [0.2, 0.25) is 0 Å². The molecule has 2 saturated carbocycles. The van der Waals surface area contributed by atoms with E-state index < -0.39 is 0 Å². The molecule has 0 aromatic rings. The largest absolute Gasteiger partial charge is 0.381 e. The average Bonchev–Trinajstić information content (AvgIpc) is 3.64. The van der Waals surface area contributed by atoms with E-state index in [2.05, 4.69) is 55.4 Å². The monoisotopic (exact) mass is 638 g/mol. The molecule has 4 fully saturated rings. The molecular weight excluding hydrogens is 572 g/mol. The van der Waals surface area contributed by atoms with E-state index in [1.54, 1.807) is 0 Å². The molecule has 8 N–H and O–H groups in total. The van der Waals surface area contributed by atoms with Gasteiger partial charge in [0.25, 0.3) is 0 Å². The van der Waals surface area contributed by atoms with Gasteiger partial charge in [0.1, 0.15) is 0 Å². The molecule has 0 radical (unpaired) electrons. The van der Waals surface area contributed by atoms with Gasteiger partial charge in [-0.2, -0.15) is 0 Å². The van der Waals surface area contributed by atoms with E-state index in [1.807, 2.05) is 0 Å². The van der Waals surface area contributed by atoms with Crippen molar-refractivity contribution in [1.82, 2.24) is 0 Å². The minimum atomic E-state index is -0.339. The Morgan fingerprint density at radius 2 is 0.756 bits per heavy atom. The van der Waals surface area contributed by atoms with Gasteiger partial charge >= 0.3 is 0 Å². The minimum Gasteiger partial charge on any atom is -0.381 e. The van der Waals surface area contributed by atoms with Gasteiger partial charge in [0.05, 0.1) is 24.0 Å². The Hall–Kier alpha value is -2.20. The van der Waals surface area contributed by atoms with Crippen LogP contribution >= 0.6 is 0 Å². The second-order valence-electron chi connectivity index (χ2n) is 15.9. The summed E-state index contributed by atoms with van der Waals surface area (Å²) >= 11 is 0. The van der Waals surface area contributed by atoms with Gasteiger partial charge < -0.3 is 32.4 Å². The van der Waals surface area contributed by atoms with Crippen molar-refractivity contribution >= 4 is 23.6 Å². The second kappa shape index (κ2) is 17.6. The van der Waals surface area contributed by atoms with Crippen LogP contribution in [-0.2, 0) is 28.7 Å². The van der Waals surface area contributed by atoms with Crippen molar-refractivity contribution in [3.8, 4) is 0 Å². The number of hydrogen-bond acceptors (Lipinski definition) is 6. The van der Waals surface area contributed by atoms with Crippen LogP contribution in [0.4, 0.5) is 0 Å². The van der Waals surface area contributed by atoms with E-state index in [1.165, 1.54) is 6.42 Å². The van der Waals surface area contributed by atoms with E-state index in [-0.39, 0.29) is 45.3 Å². The first-order valence-corrected chi connectivity index (χ1v) is 17.1. The quantitative estimate of drug-likeness (QED) is 0.236. The summed E-state index contributed by atoms with van der Waals surface area (Å²) in [6.45, 7) is 19.3. The first-order valence-electron chi connectivity index (χ1n) is 17.1. The maximum absolute atomic E-state index is 11.4. The summed E-state index contributed by atoms with van der Waals surface area (Å²) in [6, 6.07) is 0. The Bertz CT molecular complexity index is 921. The van der Waals surface area contributed by atoms with E-state index in [4.69, 9.17) is 32.4 Å². The highest BCUT2D eigenvalue weighted by molar-refractivity contribution is 5.83. The zero-order chi connectivity index (χ0) is 34.6. The Kier molecular flexibility index (Phi) is 16.0. The summed E-state index contributed by atoms with van der Waals surface area (Å²) in [4.78, 5) is 44.3. The van der Waals surface area contributed by atoms with Gasteiger partial charge in [-0.1, -0.05) is 61.8 Å². The molecule has 0 atom stereocenters. The van der Waals surface area contributed by atoms with Gasteiger partial charge in [-0.25, -0.2) is 0 Å². The Morgan fingerprint density at radius 3 is 0.933 bits per heavy atom. The van der Waals surface area contributed by atoms with Crippen molar-refractivity contribution in [1.29, 1.82) is 0 Å². The molecule has 0 unspecified atom stereocenters. The van der Waals surface area contributed by atoms with Crippen LogP contribution in [-0.4, -0.2) is 50.1 Å². The maximum atomic E-state index is 11.4.